The van der Waals surface area contributed by atoms with Crippen molar-refractivity contribution < 1.29 is 0 Å². The first-order chi connectivity index (χ1) is 8.82. The highest BCUT2D eigenvalue weighted by Crippen LogP contribution is 2.51. The summed E-state index contributed by atoms with van der Waals surface area (Å²) in [5.74, 6) is 0.696. The molecule has 0 bridgehead atoms. The average molecular weight is 308 g/mol. The van der Waals surface area contributed by atoms with Crippen molar-refractivity contribution in [3.8, 4) is 0 Å². The molecule has 0 amide bonds. The molecule has 0 aromatic heterocycles. The van der Waals surface area contributed by atoms with Crippen LogP contribution < -0.4 is 5.32 Å². The summed E-state index contributed by atoms with van der Waals surface area (Å²) >= 11 is 3.75. The molecule has 2 heteroatoms. The molecule has 1 aromatic carbocycles. The summed E-state index contributed by atoms with van der Waals surface area (Å²) in [6, 6.07) is 8.82. The van der Waals surface area contributed by atoms with Crippen molar-refractivity contribution in [1.82, 2.24) is 5.32 Å². The fourth-order valence-corrected chi connectivity index (χ4v) is 4.59. The maximum Gasteiger partial charge on any atom is 0.0210 e. The highest BCUT2D eigenvalue weighted by atomic mass is 79.9. The van der Waals surface area contributed by atoms with E-state index in [9.17, 15) is 0 Å². The average Bonchev–Trinajstić information content (AvgIpc) is 2.41. The molecular formula is C16H22BrN. The minimum atomic E-state index is 0.577. The van der Waals surface area contributed by atoms with Crippen LogP contribution in [-0.2, 0) is 0 Å². The van der Waals surface area contributed by atoms with Gasteiger partial charge in [0.2, 0.25) is 0 Å². The van der Waals surface area contributed by atoms with Gasteiger partial charge in [-0.1, -0.05) is 53.4 Å². The quantitative estimate of drug-likeness (QED) is 0.807. The fourth-order valence-electron chi connectivity index (χ4n) is 4.03. The lowest BCUT2D eigenvalue weighted by Gasteiger charge is -2.47. The van der Waals surface area contributed by atoms with Crippen LogP contribution in [0.4, 0.5) is 0 Å². The number of hydrogen-bond donors (Lipinski definition) is 1. The van der Waals surface area contributed by atoms with Crippen LogP contribution in [0.1, 0.15) is 50.0 Å². The third-order valence-corrected chi connectivity index (χ3v) is 5.74. The smallest absolute Gasteiger partial charge is 0.0210 e. The van der Waals surface area contributed by atoms with Gasteiger partial charge in [0.25, 0.3) is 0 Å². The number of halogens is 1. The molecule has 98 valence electrons. The lowest BCUT2D eigenvalue weighted by molar-refractivity contribution is 0.103. The second-order valence-electron chi connectivity index (χ2n) is 5.95. The number of benzene rings is 1. The Balaban J connectivity index is 1.94. The van der Waals surface area contributed by atoms with E-state index in [1.54, 1.807) is 0 Å². The van der Waals surface area contributed by atoms with Gasteiger partial charge in [-0.25, -0.2) is 0 Å². The van der Waals surface area contributed by atoms with Gasteiger partial charge in [-0.15, -0.1) is 0 Å². The van der Waals surface area contributed by atoms with Gasteiger partial charge in [-0.2, -0.15) is 0 Å². The van der Waals surface area contributed by atoms with Gasteiger partial charge in [0.15, 0.2) is 0 Å². The summed E-state index contributed by atoms with van der Waals surface area (Å²) in [6.45, 7) is 2.36. The normalized spacial score (nSPS) is 27.3. The molecule has 2 fully saturated rings. The topological polar surface area (TPSA) is 12.0 Å². The zero-order valence-electron chi connectivity index (χ0n) is 10.9. The van der Waals surface area contributed by atoms with Gasteiger partial charge in [0.1, 0.15) is 0 Å². The maximum absolute atomic E-state index is 3.75. The van der Waals surface area contributed by atoms with Crippen molar-refractivity contribution in [1.29, 1.82) is 0 Å². The number of piperidine rings is 1. The van der Waals surface area contributed by atoms with Crippen LogP contribution >= 0.6 is 15.9 Å². The highest BCUT2D eigenvalue weighted by Gasteiger charge is 2.42. The molecule has 1 aromatic rings. The molecule has 1 N–H and O–H groups in total. The Hall–Kier alpha value is -0.340. The largest absolute Gasteiger partial charge is 0.316 e. The Labute approximate surface area is 118 Å². The standard InChI is InChI=1S/C16H22BrN/c17-15-7-3-2-6-13(15)14-12-18-11-10-16(14)8-4-1-5-9-16/h2-3,6-7,14,18H,1,4-5,8-12H2. The van der Waals surface area contributed by atoms with E-state index in [1.165, 1.54) is 55.1 Å². The first-order valence-electron chi connectivity index (χ1n) is 7.27. The molecule has 1 nitrogen and oxygen atoms in total. The van der Waals surface area contributed by atoms with E-state index in [-0.39, 0.29) is 0 Å². The summed E-state index contributed by atoms with van der Waals surface area (Å²) in [5, 5.41) is 3.61. The van der Waals surface area contributed by atoms with Gasteiger partial charge in [-0.3, -0.25) is 0 Å². The molecule has 1 unspecified atom stereocenters. The lowest BCUT2D eigenvalue weighted by Crippen LogP contribution is -2.44. The highest BCUT2D eigenvalue weighted by molar-refractivity contribution is 9.10. The number of hydrogen-bond acceptors (Lipinski definition) is 1. The Morgan fingerprint density at radius 3 is 2.61 bits per heavy atom. The van der Waals surface area contributed by atoms with E-state index in [0.717, 1.165) is 6.54 Å². The van der Waals surface area contributed by atoms with Crippen molar-refractivity contribution in [3.05, 3.63) is 34.3 Å². The van der Waals surface area contributed by atoms with E-state index in [4.69, 9.17) is 0 Å². The Morgan fingerprint density at radius 1 is 1.06 bits per heavy atom. The molecule has 1 saturated heterocycles. The van der Waals surface area contributed by atoms with Crippen molar-refractivity contribution in [2.45, 2.75) is 44.4 Å². The van der Waals surface area contributed by atoms with Gasteiger partial charge in [0.05, 0.1) is 0 Å². The molecule has 1 saturated carbocycles. The Kier molecular flexibility index (Phi) is 3.76. The van der Waals surface area contributed by atoms with Crippen molar-refractivity contribution in [3.63, 3.8) is 0 Å². The van der Waals surface area contributed by atoms with E-state index in [1.807, 2.05) is 0 Å². The predicted molar refractivity (Wildman–Crippen MR) is 79.9 cm³/mol. The summed E-state index contributed by atoms with van der Waals surface area (Å²) < 4.78 is 1.30. The van der Waals surface area contributed by atoms with E-state index in [0.29, 0.717) is 11.3 Å². The second-order valence-corrected chi connectivity index (χ2v) is 6.81. The van der Waals surface area contributed by atoms with Crippen molar-refractivity contribution in [2.75, 3.05) is 13.1 Å². The summed E-state index contributed by atoms with van der Waals surface area (Å²) in [5.41, 5.74) is 2.10. The van der Waals surface area contributed by atoms with Crippen LogP contribution in [0.15, 0.2) is 28.7 Å². The van der Waals surface area contributed by atoms with Crippen molar-refractivity contribution in [2.24, 2.45) is 5.41 Å². The molecule has 3 rings (SSSR count). The van der Waals surface area contributed by atoms with Crippen LogP contribution in [0.25, 0.3) is 0 Å². The lowest BCUT2D eigenvalue weighted by atomic mass is 9.60. The summed E-state index contributed by atoms with van der Waals surface area (Å²) in [4.78, 5) is 0. The third kappa shape index (κ3) is 2.25. The predicted octanol–water partition coefficient (Wildman–Crippen LogP) is 4.48. The molecule has 1 aliphatic heterocycles. The van der Waals surface area contributed by atoms with Crippen LogP contribution in [0, 0.1) is 5.41 Å². The minimum Gasteiger partial charge on any atom is -0.316 e. The second kappa shape index (κ2) is 5.34. The van der Waals surface area contributed by atoms with Gasteiger partial charge >= 0.3 is 0 Å². The van der Waals surface area contributed by atoms with Crippen LogP contribution in [-0.4, -0.2) is 13.1 Å². The first kappa shape index (κ1) is 12.7. The summed E-state index contributed by atoms with van der Waals surface area (Å²) in [7, 11) is 0. The Bertz CT molecular complexity index is 401. The molecule has 18 heavy (non-hydrogen) atoms. The Morgan fingerprint density at radius 2 is 1.83 bits per heavy atom. The maximum atomic E-state index is 3.75. The molecule has 1 atom stereocenters. The minimum absolute atomic E-state index is 0.577. The van der Waals surface area contributed by atoms with Gasteiger partial charge < -0.3 is 5.32 Å². The summed E-state index contributed by atoms with van der Waals surface area (Å²) in [6.07, 6.45) is 8.53. The third-order valence-electron chi connectivity index (χ3n) is 5.02. The zero-order chi connectivity index (χ0) is 12.4. The van der Waals surface area contributed by atoms with Crippen LogP contribution in [0.3, 0.4) is 0 Å². The molecule has 2 aliphatic rings. The molecular weight excluding hydrogens is 286 g/mol. The van der Waals surface area contributed by atoms with Crippen LogP contribution in [0.5, 0.6) is 0 Å². The van der Waals surface area contributed by atoms with Crippen molar-refractivity contribution >= 4 is 15.9 Å². The fraction of sp³-hybridized carbons (Fsp3) is 0.625. The van der Waals surface area contributed by atoms with Crippen LogP contribution in [0.2, 0.25) is 0 Å². The van der Waals surface area contributed by atoms with E-state index >= 15 is 0 Å². The van der Waals surface area contributed by atoms with E-state index in [2.05, 4.69) is 45.5 Å². The zero-order valence-corrected chi connectivity index (χ0v) is 12.5. The first-order valence-corrected chi connectivity index (χ1v) is 8.06. The number of nitrogens with one attached hydrogen (secondary N) is 1. The monoisotopic (exact) mass is 307 g/mol. The molecule has 0 radical (unpaired) electrons. The molecule has 1 spiro atoms. The molecule has 1 aliphatic carbocycles. The number of rotatable bonds is 1. The molecule has 1 heterocycles. The van der Waals surface area contributed by atoms with Gasteiger partial charge in [-0.05, 0) is 42.9 Å². The SMILES string of the molecule is Brc1ccccc1C1CNCCC12CCCCC2. The van der Waals surface area contributed by atoms with Gasteiger partial charge in [0, 0.05) is 16.9 Å². The van der Waals surface area contributed by atoms with E-state index < -0.39 is 0 Å².